The predicted molar refractivity (Wildman–Crippen MR) is 39.8 cm³/mol. The monoisotopic (exact) mass is 198 g/mol. The van der Waals surface area contributed by atoms with E-state index in [2.05, 4.69) is 0 Å². The summed E-state index contributed by atoms with van der Waals surface area (Å²) >= 11 is 0. The Morgan fingerprint density at radius 1 is 0.0909 bits per heavy atom. The van der Waals surface area contributed by atoms with E-state index in [1.807, 2.05) is 0 Å². The zero-order chi connectivity index (χ0) is 0. The van der Waals surface area contributed by atoms with Crippen LogP contribution in [0.25, 0.3) is 0 Å². The fraction of sp³-hybridized carbons (Fsp3) is 0. The predicted octanol–water partition coefficient (Wildman–Crippen LogP) is -9.07. The molecule has 0 rings (SSSR count). The van der Waals surface area contributed by atoms with E-state index in [0.717, 1.165) is 0 Å². The Morgan fingerprint density at radius 2 is 0.0909 bits per heavy atom. The maximum absolute atomic E-state index is 0. The molecule has 0 aliphatic rings. The topological polar surface area (TPSA) is 346 Å². The van der Waals surface area contributed by atoms with Crippen molar-refractivity contribution in [3.63, 3.8) is 0 Å². The summed E-state index contributed by atoms with van der Waals surface area (Å²) in [5, 5.41) is 0. The molecule has 0 unspecified atom stereocenters. The van der Waals surface area contributed by atoms with Gasteiger partial charge < -0.3 is 60.2 Å². The second-order valence-corrected chi connectivity index (χ2v) is 0. The average Bonchev–Trinajstić information content (AvgIpc) is 0. The maximum Gasteiger partial charge on any atom is -0.412 e. The molecule has 0 aliphatic heterocycles. The molecule has 0 radical (unpaired) electrons. The van der Waals surface area contributed by atoms with Gasteiger partial charge >= 0.3 is 0 Å². The summed E-state index contributed by atoms with van der Waals surface area (Å²) in [6, 6.07) is 0. The van der Waals surface area contributed by atoms with Crippen molar-refractivity contribution in [1.82, 2.24) is 0 Å². The Labute approximate surface area is 61.7 Å². The Hall–Kier alpha value is -0.440. The first-order chi connectivity index (χ1) is 0. The smallest absolute Gasteiger partial charge is 0.412 e. The Bertz CT molecular complexity index is 0. The molecule has 11 heavy (non-hydrogen) atoms. The van der Waals surface area contributed by atoms with Crippen molar-refractivity contribution in [2.45, 2.75) is 0 Å². The van der Waals surface area contributed by atoms with Crippen molar-refractivity contribution in [2.24, 2.45) is 0 Å². The maximum atomic E-state index is 0. The summed E-state index contributed by atoms with van der Waals surface area (Å²) in [6.07, 6.45) is 0. The van der Waals surface area contributed by atoms with Gasteiger partial charge in [0, 0.05) is 0 Å². The van der Waals surface area contributed by atoms with E-state index in [1.165, 1.54) is 0 Å². The van der Waals surface area contributed by atoms with Crippen LogP contribution in [0.2, 0.25) is 0 Å². The first-order valence-corrected chi connectivity index (χ1v) is 0. The lowest BCUT2D eigenvalue weighted by Crippen LogP contribution is -0.290. The third-order valence-corrected chi connectivity index (χ3v) is 0. The highest BCUT2D eigenvalue weighted by molar-refractivity contribution is 0.834. The van der Waals surface area contributed by atoms with Crippen molar-refractivity contribution in [1.29, 1.82) is 0 Å². The van der Waals surface area contributed by atoms with Crippen LogP contribution in [0.1, 0.15) is 0 Å². The minimum absolute atomic E-state index is 0. The van der Waals surface area contributed by atoms with Gasteiger partial charge in [0.1, 0.15) is 0 Å². The molecule has 22 N–H and O–H groups in total. The van der Waals surface area contributed by atoms with E-state index >= 15 is 0 Å². The summed E-state index contributed by atoms with van der Waals surface area (Å²) < 4.78 is 0. The lowest BCUT2D eigenvalue weighted by molar-refractivity contribution is 0.823. The first-order valence-electron chi connectivity index (χ1n) is 0. The van der Waals surface area contributed by atoms with Crippen molar-refractivity contribution >= 4 is 0 Å². The van der Waals surface area contributed by atoms with Crippen LogP contribution in [0, 0.1) is 0 Å². The fourth-order valence-electron chi connectivity index (χ4n) is 0. The van der Waals surface area contributed by atoms with Gasteiger partial charge in [0.05, 0.1) is 0 Å². The second kappa shape index (κ2) is 3620. The SMILES string of the molecule is O.O.O.O.O.O.O.O.O.O.O. The van der Waals surface area contributed by atoms with Crippen LogP contribution >= 0.6 is 0 Å². The zero-order valence-corrected chi connectivity index (χ0v) is 5.50. The molecule has 0 amide bonds. The van der Waals surface area contributed by atoms with Crippen LogP contribution in [0.4, 0.5) is 0 Å². The molecule has 0 saturated heterocycles. The summed E-state index contributed by atoms with van der Waals surface area (Å²) in [6.45, 7) is 0. The fourth-order valence-corrected chi connectivity index (χ4v) is 0. The molecule has 0 aromatic heterocycles. The molecule has 0 aliphatic carbocycles. The number of rotatable bonds is 0. The average molecular weight is 198 g/mol. The number of hydrogen-bond acceptors (Lipinski definition) is 0. The molecule has 0 aromatic carbocycles. The van der Waals surface area contributed by atoms with Gasteiger partial charge in [-0.15, -0.1) is 0 Å². The normalized spacial score (nSPS) is 0. The number of hydrogen-bond donors (Lipinski definition) is 0. The second-order valence-electron chi connectivity index (χ2n) is 0. The van der Waals surface area contributed by atoms with E-state index in [9.17, 15) is 0 Å². The van der Waals surface area contributed by atoms with Gasteiger partial charge in [-0.3, -0.25) is 0 Å². The summed E-state index contributed by atoms with van der Waals surface area (Å²) in [5.74, 6) is 0. The van der Waals surface area contributed by atoms with Crippen molar-refractivity contribution in [3.8, 4) is 0 Å². The minimum Gasteiger partial charge on any atom is -0.412 e. The first kappa shape index (κ1) is 4990. The molecule has 0 heterocycles. The van der Waals surface area contributed by atoms with E-state index in [0.29, 0.717) is 0 Å². The molecule has 88 valence electrons. The summed E-state index contributed by atoms with van der Waals surface area (Å²) in [4.78, 5) is 0. The lowest BCUT2D eigenvalue weighted by Gasteiger charge is -0.413. The van der Waals surface area contributed by atoms with Crippen LogP contribution < -0.4 is 0 Å². The van der Waals surface area contributed by atoms with Gasteiger partial charge in [0.25, 0.3) is 0 Å². The lowest BCUT2D eigenvalue weighted by atomic mass is 16.0. The molecular formula is H22O11. The highest BCUT2D eigenvalue weighted by Crippen LogP contribution is -0.279. The van der Waals surface area contributed by atoms with E-state index in [4.69, 9.17) is 0 Å². The molecule has 11 nitrogen and oxygen atoms in total. The minimum atomic E-state index is 0. The van der Waals surface area contributed by atoms with Crippen LogP contribution in [-0.2, 0) is 0 Å². The van der Waals surface area contributed by atoms with Crippen LogP contribution in [0.3, 0.4) is 0 Å². The molecule has 0 saturated carbocycles. The van der Waals surface area contributed by atoms with E-state index in [1.54, 1.807) is 0 Å². The Morgan fingerprint density at radius 3 is 0.0909 bits per heavy atom. The quantitative estimate of drug-likeness (QED) is 0.349. The van der Waals surface area contributed by atoms with Crippen molar-refractivity contribution in [3.05, 3.63) is 0 Å². The molecule has 0 atom stereocenters. The Kier molecular flexibility index (Phi) is 1640000. The zero-order valence-electron chi connectivity index (χ0n) is 5.50. The van der Waals surface area contributed by atoms with E-state index in [-0.39, 0.29) is 60.2 Å². The summed E-state index contributed by atoms with van der Waals surface area (Å²) in [7, 11) is 0. The molecule has 0 spiro atoms. The highest BCUT2D eigenvalue weighted by Gasteiger charge is -0.402. The largest absolute Gasteiger partial charge is 0.412 e. The van der Waals surface area contributed by atoms with Crippen LogP contribution in [0.15, 0.2) is 0 Å². The van der Waals surface area contributed by atoms with Crippen molar-refractivity contribution in [2.75, 3.05) is 0 Å². The van der Waals surface area contributed by atoms with Gasteiger partial charge in [-0.1, -0.05) is 0 Å². The molecule has 0 bridgehead atoms. The van der Waals surface area contributed by atoms with Gasteiger partial charge in [0.15, 0.2) is 0 Å². The van der Waals surface area contributed by atoms with Gasteiger partial charge in [-0.05, 0) is 0 Å². The molecule has 0 fully saturated rings. The van der Waals surface area contributed by atoms with Crippen molar-refractivity contribution < 1.29 is 60.2 Å². The molecule has 11 heteroatoms. The third kappa shape index (κ3) is 2820. The Balaban J connectivity index is 0. The summed E-state index contributed by atoms with van der Waals surface area (Å²) in [5.41, 5.74) is 0. The standard InChI is InChI=1S/11H2O/h11*1H2. The molecule has 0 aromatic rings. The van der Waals surface area contributed by atoms with Gasteiger partial charge in [-0.2, -0.15) is 0 Å². The highest BCUT2D eigenvalue weighted by atomic mass is 16.0. The third-order valence-electron chi connectivity index (χ3n) is 0. The molecular weight excluding hydrogens is 176 g/mol. The van der Waals surface area contributed by atoms with Gasteiger partial charge in [0.2, 0.25) is 0 Å². The van der Waals surface area contributed by atoms with Crippen LogP contribution in [0.5, 0.6) is 0 Å². The van der Waals surface area contributed by atoms with Crippen LogP contribution in [-0.4, -0.2) is 60.2 Å². The van der Waals surface area contributed by atoms with Gasteiger partial charge in [-0.25, -0.2) is 0 Å². The van der Waals surface area contributed by atoms with E-state index < -0.39 is 0 Å².